The Morgan fingerprint density at radius 1 is 0.727 bits per heavy atom. The molecule has 318 valence electrons. The zero-order valence-electron chi connectivity index (χ0n) is 34.3. The van der Waals surface area contributed by atoms with Gasteiger partial charge in [0.1, 0.15) is 48.8 Å². The Hall–Kier alpha value is -0.780. The van der Waals surface area contributed by atoms with Crippen molar-refractivity contribution in [1.29, 1.82) is 0 Å². The van der Waals surface area contributed by atoms with Crippen LogP contribution in [0, 0.1) is 45.3 Å². The SMILES string of the molecule is CC(C)=CCCC(C)(O)C1CC[C@]2(C)C1[C@H](O)CC1[C@@]3(C)CC[C@@H](OC4O[C@H](CO)[C@@H](O)[C@H](O)[C@H]4OC4O[C@H](CO)[C@@H](O)[C@H](O)[C@H]4O)C(C)(C)C3CC[C@]12C. The molecule has 13 nitrogen and oxygen atoms in total. The Morgan fingerprint density at radius 3 is 1.95 bits per heavy atom. The summed E-state index contributed by atoms with van der Waals surface area (Å²) in [4.78, 5) is 0. The van der Waals surface area contributed by atoms with Crippen molar-refractivity contribution < 1.29 is 64.9 Å². The average molecular weight is 785 g/mol. The summed E-state index contributed by atoms with van der Waals surface area (Å²) < 4.78 is 24.4. The number of ether oxygens (including phenoxy) is 4. The topological polar surface area (TPSA) is 219 Å². The zero-order valence-corrected chi connectivity index (χ0v) is 34.3. The van der Waals surface area contributed by atoms with E-state index in [0.717, 1.165) is 38.5 Å². The van der Waals surface area contributed by atoms with Crippen molar-refractivity contribution >= 4 is 0 Å². The summed E-state index contributed by atoms with van der Waals surface area (Å²) in [5.74, 6) is 0.445. The fourth-order valence-corrected chi connectivity index (χ4v) is 13.3. The molecule has 55 heavy (non-hydrogen) atoms. The lowest BCUT2D eigenvalue weighted by Gasteiger charge is -2.70. The van der Waals surface area contributed by atoms with Gasteiger partial charge in [-0.1, -0.05) is 46.3 Å². The molecule has 6 rings (SSSR count). The van der Waals surface area contributed by atoms with Crippen LogP contribution >= 0.6 is 0 Å². The number of aliphatic hydroxyl groups is 9. The Morgan fingerprint density at radius 2 is 1.33 bits per heavy atom. The first kappa shape index (κ1) is 43.8. The molecule has 0 amide bonds. The Balaban J connectivity index is 1.23. The van der Waals surface area contributed by atoms with Crippen LogP contribution in [0.4, 0.5) is 0 Å². The predicted octanol–water partition coefficient (Wildman–Crippen LogP) is 2.15. The third-order valence-corrected chi connectivity index (χ3v) is 16.6. The molecule has 0 spiro atoms. The molecule has 0 bridgehead atoms. The van der Waals surface area contributed by atoms with E-state index in [1.807, 2.05) is 6.92 Å². The molecule has 2 aliphatic heterocycles. The first-order chi connectivity index (χ1) is 25.6. The van der Waals surface area contributed by atoms with E-state index in [-0.39, 0.29) is 39.9 Å². The summed E-state index contributed by atoms with van der Waals surface area (Å²) >= 11 is 0. The van der Waals surface area contributed by atoms with Crippen LogP contribution in [0.2, 0.25) is 0 Å². The number of rotatable bonds is 10. The van der Waals surface area contributed by atoms with Gasteiger partial charge in [-0.05, 0) is 124 Å². The highest BCUT2D eigenvalue weighted by molar-refractivity contribution is 5.20. The fraction of sp³-hybridized carbons (Fsp3) is 0.952. The van der Waals surface area contributed by atoms with Crippen molar-refractivity contribution in [3.8, 4) is 0 Å². The molecule has 6 aliphatic rings. The van der Waals surface area contributed by atoms with Gasteiger partial charge in [0, 0.05) is 0 Å². The minimum Gasteiger partial charge on any atom is -0.394 e. The second-order valence-electron chi connectivity index (χ2n) is 20.1. The van der Waals surface area contributed by atoms with E-state index in [2.05, 4.69) is 54.5 Å². The second-order valence-corrected chi connectivity index (χ2v) is 20.1. The van der Waals surface area contributed by atoms with Gasteiger partial charge in [0.15, 0.2) is 12.6 Å². The van der Waals surface area contributed by atoms with Gasteiger partial charge in [0.05, 0.1) is 31.0 Å². The van der Waals surface area contributed by atoms with Gasteiger partial charge >= 0.3 is 0 Å². The molecule has 9 N–H and O–H groups in total. The molecule has 2 saturated heterocycles. The monoisotopic (exact) mass is 784 g/mol. The summed E-state index contributed by atoms with van der Waals surface area (Å²) in [6.07, 6.45) is -6.48. The van der Waals surface area contributed by atoms with E-state index in [4.69, 9.17) is 18.9 Å². The molecule has 4 aliphatic carbocycles. The highest BCUT2D eigenvalue weighted by Gasteiger charge is 2.71. The number of hydrogen-bond acceptors (Lipinski definition) is 13. The van der Waals surface area contributed by atoms with E-state index in [9.17, 15) is 46.0 Å². The molecule has 13 heteroatoms. The van der Waals surface area contributed by atoms with E-state index < -0.39 is 97.8 Å². The second kappa shape index (κ2) is 15.7. The third kappa shape index (κ3) is 7.20. The summed E-state index contributed by atoms with van der Waals surface area (Å²) in [5, 5.41) is 97.4. The Labute approximate surface area is 327 Å². The van der Waals surface area contributed by atoms with Crippen LogP contribution in [0.5, 0.6) is 0 Å². The maximum atomic E-state index is 12.2. The van der Waals surface area contributed by atoms with Crippen LogP contribution in [0.15, 0.2) is 11.6 Å². The van der Waals surface area contributed by atoms with Gasteiger partial charge in [-0.2, -0.15) is 0 Å². The molecule has 4 saturated carbocycles. The fourth-order valence-electron chi connectivity index (χ4n) is 13.3. The van der Waals surface area contributed by atoms with E-state index in [0.29, 0.717) is 19.3 Å². The molecule has 0 aromatic heterocycles. The largest absolute Gasteiger partial charge is 0.394 e. The highest BCUT2D eigenvalue weighted by Crippen LogP contribution is 2.76. The van der Waals surface area contributed by atoms with Gasteiger partial charge in [-0.3, -0.25) is 0 Å². The van der Waals surface area contributed by atoms with Crippen LogP contribution in [0.3, 0.4) is 0 Å². The van der Waals surface area contributed by atoms with Crippen molar-refractivity contribution in [2.75, 3.05) is 13.2 Å². The first-order valence-electron chi connectivity index (χ1n) is 20.9. The van der Waals surface area contributed by atoms with Crippen molar-refractivity contribution in [3.05, 3.63) is 11.6 Å². The standard InChI is InChI=1S/C42H72O13/c1-21(2)10-9-14-42(8,51)22-11-16-41(7)29(22)23(45)18-27-39(5)15-13-28(38(3,4)26(39)12-17-40(27,41)6)54-37-35(33(49)31(47)25(20-44)53-37)55-36-34(50)32(48)30(46)24(19-43)52-36/h10,22-37,43-51H,9,11-20H2,1-8H3/t22?,23-,24-,25-,26?,27?,28-,29?,30-,31-,32+,33+,34-,35-,36?,37?,39+,40-,41-,42?/m1/s1. The minimum atomic E-state index is -1.75. The number of allylic oxidation sites excluding steroid dienone is 2. The van der Waals surface area contributed by atoms with Crippen LogP contribution in [0.1, 0.15) is 113 Å². The molecule has 20 atom stereocenters. The van der Waals surface area contributed by atoms with Crippen LogP contribution in [-0.4, -0.2) is 138 Å². The molecular weight excluding hydrogens is 712 g/mol. The highest BCUT2D eigenvalue weighted by atomic mass is 16.8. The molecule has 0 radical (unpaired) electrons. The minimum absolute atomic E-state index is 0.00798. The maximum absolute atomic E-state index is 12.2. The van der Waals surface area contributed by atoms with Gasteiger partial charge in [0.25, 0.3) is 0 Å². The smallest absolute Gasteiger partial charge is 0.187 e. The zero-order chi connectivity index (χ0) is 40.6. The van der Waals surface area contributed by atoms with Crippen molar-refractivity contribution in [1.82, 2.24) is 0 Å². The van der Waals surface area contributed by atoms with Gasteiger partial charge in [0.2, 0.25) is 0 Å². The summed E-state index contributed by atoms with van der Waals surface area (Å²) in [6, 6.07) is 0. The number of fused-ring (bicyclic) bond motifs is 5. The lowest BCUT2D eigenvalue weighted by atomic mass is 9.35. The molecule has 0 aromatic rings. The van der Waals surface area contributed by atoms with Crippen LogP contribution < -0.4 is 0 Å². The summed E-state index contributed by atoms with van der Waals surface area (Å²) in [5.41, 5.74) is -0.405. The Bertz CT molecular complexity index is 1370. The molecule has 2 heterocycles. The lowest BCUT2D eigenvalue weighted by Crippen LogP contribution is -2.68. The van der Waals surface area contributed by atoms with Gasteiger partial charge in [-0.25, -0.2) is 0 Å². The predicted molar refractivity (Wildman–Crippen MR) is 201 cm³/mol. The number of aliphatic hydroxyl groups excluding tert-OH is 8. The van der Waals surface area contributed by atoms with Crippen molar-refractivity contribution in [2.45, 2.75) is 192 Å². The average Bonchev–Trinajstić information content (AvgIpc) is 3.50. The molecule has 7 unspecified atom stereocenters. The van der Waals surface area contributed by atoms with Crippen molar-refractivity contribution in [2.24, 2.45) is 45.3 Å². The van der Waals surface area contributed by atoms with Crippen LogP contribution in [-0.2, 0) is 18.9 Å². The van der Waals surface area contributed by atoms with E-state index >= 15 is 0 Å². The van der Waals surface area contributed by atoms with E-state index in [1.54, 1.807) is 0 Å². The summed E-state index contributed by atoms with van der Waals surface area (Å²) in [7, 11) is 0. The van der Waals surface area contributed by atoms with Gasteiger partial charge in [-0.15, -0.1) is 0 Å². The molecule has 0 aromatic carbocycles. The van der Waals surface area contributed by atoms with E-state index in [1.165, 1.54) is 5.57 Å². The maximum Gasteiger partial charge on any atom is 0.187 e. The third-order valence-electron chi connectivity index (χ3n) is 16.6. The normalized spacial score (nSPS) is 52.0. The number of hydrogen-bond donors (Lipinski definition) is 9. The lowest BCUT2D eigenvalue weighted by molar-refractivity contribution is -0.378. The first-order valence-corrected chi connectivity index (χ1v) is 20.9. The summed E-state index contributed by atoms with van der Waals surface area (Å²) in [6.45, 7) is 16.5. The molecule has 6 fully saturated rings. The van der Waals surface area contributed by atoms with Gasteiger partial charge < -0.3 is 64.9 Å². The Kier molecular flexibility index (Phi) is 12.5. The quantitative estimate of drug-likeness (QED) is 0.115. The van der Waals surface area contributed by atoms with Crippen LogP contribution in [0.25, 0.3) is 0 Å². The van der Waals surface area contributed by atoms with Crippen molar-refractivity contribution in [3.63, 3.8) is 0 Å². The molecular formula is C42H72O13.